The van der Waals surface area contributed by atoms with Crippen molar-refractivity contribution in [1.82, 2.24) is 4.98 Å². The number of halogens is 1. The lowest BCUT2D eigenvalue weighted by Gasteiger charge is -2.18. The van der Waals surface area contributed by atoms with E-state index >= 15 is 0 Å². The minimum absolute atomic E-state index is 0.407. The summed E-state index contributed by atoms with van der Waals surface area (Å²) < 4.78 is 6.46. The SMILES string of the molecule is N#Cc1ccc(Oc2ccc(Br)c(C=O)c2)nc1N1CCCC1. The molecule has 1 aliphatic rings. The molecule has 1 saturated heterocycles. The monoisotopic (exact) mass is 371 g/mol. The van der Waals surface area contributed by atoms with Gasteiger partial charge in [0.2, 0.25) is 5.88 Å². The van der Waals surface area contributed by atoms with Crippen molar-refractivity contribution in [1.29, 1.82) is 5.26 Å². The van der Waals surface area contributed by atoms with E-state index in [2.05, 4.69) is 31.9 Å². The number of nitriles is 1. The lowest BCUT2D eigenvalue weighted by molar-refractivity contribution is 0.112. The molecule has 0 spiro atoms. The third kappa shape index (κ3) is 3.35. The van der Waals surface area contributed by atoms with Crippen molar-refractivity contribution in [2.75, 3.05) is 18.0 Å². The Kier molecular flexibility index (Phi) is 4.58. The zero-order valence-electron chi connectivity index (χ0n) is 12.3. The van der Waals surface area contributed by atoms with Gasteiger partial charge in [0.05, 0.1) is 5.56 Å². The number of ether oxygens (including phenoxy) is 1. The fourth-order valence-electron chi connectivity index (χ4n) is 2.54. The van der Waals surface area contributed by atoms with Crippen LogP contribution in [0.25, 0.3) is 0 Å². The number of carbonyl (C=O) groups excluding carboxylic acids is 1. The van der Waals surface area contributed by atoms with Crippen LogP contribution in [-0.4, -0.2) is 24.4 Å². The van der Waals surface area contributed by atoms with Gasteiger partial charge >= 0.3 is 0 Å². The van der Waals surface area contributed by atoms with Crippen LogP contribution in [0.1, 0.15) is 28.8 Å². The Balaban J connectivity index is 1.90. The van der Waals surface area contributed by atoms with E-state index in [0.29, 0.717) is 33.0 Å². The largest absolute Gasteiger partial charge is 0.439 e. The van der Waals surface area contributed by atoms with Gasteiger partial charge in [-0.05, 0) is 37.1 Å². The summed E-state index contributed by atoms with van der Waals surface area (Å²) in [5, 5.41) is 9.26. The molecular weight excluding hydrogens is 358 g/mol. The maximum atomic E-state index is 11.0. The highest BCUT2D eigenvalue weighted by Crippen LogP contribution is 2.29. The maximum absolute atomic E-state index is 11.0. The summed E-state index contributed by atoms with van der Waals surface area (Å²) in [4.78, 5) is 17.6. The fourth-order valence-corrected chi connectivity index (χ4v) is 2.88. The smallest absolute Gasteiger partial charge is 0.221 e. The summed E-state index contributed by atoms with van der Waals surface area (Å²) in [7, 11) is 0. The first kappa shape index (κ1) is 15.5. The molecule has 0 atom stereocenters. The third-order valence-corrected chi connectivity index (χ3v) is 4.41. The number of pyridine rings is 1. The van der Waals surface area contributed by atoms with E-state index < -0.39 is 0 Å². The normalized spacial score (nSPS) is 13.7. The van der Waals surface area contributed by atoms with E-state index in [1.54, 1.807) is 30.3 Å². The van der Waals surface area contributed by atoms with Gasteiger partial charge in [0.25, 0.3) is 0 Å². The molecule has 116 valence electrons. The van der Waals surface area contributed by atoms with Crippen molar-refractivity contribution in [3.05, 3.63) is 45.9 Å². The van der Waals surface area contributed by atoms with Gasteiger partial charge in [-0.1, -0.05) is 15.9 Å². The second-order valence-corrected chi connectivity index (χ2v) is 6.08. The van der Waals surface area contributed by atoms with E-state index in [1.807, 2.05) is 0 Å². The van der Waals surface area contributed by atoms with Gasteiger partial charge in [0, 0.05) is 29.2 Å². The number of nitrogens with zero attached hydrogens (tertiary/aromatic N) is 3. The van der Waals surface area contributed by atoms with Crippen LogP contribution in [0.4, 0.5) is 5.82 Å². The highest BCUT2D eigenvalue weighted by molar-refractivity contribution is 9.10. The van der Waals surface area contributed by atoms with Gasteiger partial charge in [-0.3, -0.25) is 4.79 Å². The highest BCUT2D eigenvalue weighted by atomic mass is 79.9. The number of rotatable bonds is 4. The molecular formula is C17H14BrN3O2. The molecule has 2 heterocycles. The first-order valence-corrected chi connectivity index (χ1v) is 8.09. The van der Waals surface area contributed by atoms with Crippen LogP contribution in [0.15, 0.2) is 34.8 Å². The van der Waals surface area contributed by atoms with Crippen LogP contribution in [0.5, 0.6) is 11.6 Å². The second-order valence-electron chi connectivity index (χ2n) is 5.23. The zero-order valence-corrected chi connectivity index (χ0v) is 13.9. The van der Waals surface area contributed by atoms with E-state index in [-0.39, 0.29) is 0 Å². The Labute approximate surface area is 142 Å². The molecule has 1 aromatic heterocycles. The van der Waals surface area contributed by atoms with Crippen LogP contribution in [0.3, 0.4) is 0 Å². The molecule has 0 radical (unpaired) electrons. The molecule has 0 N–H and O–H groups in total. The van der Waals surface area contributed by atoms with E-state index in [9.17, 15) is 10.1 Å². The number of hydrogen-bond donors (Lipinski definition) is 0. The molecule has 0 aliphatic carbocycles. The average molecular weight is 372 g/mol. The molecule has 1 aromatic carbocycles. The van der Waals surface area contributed by atoms with Crippen LogP contribution in [-0.2, 0) is 0 Å². The summed E-state index contributed by atoms with van der Waals surface area (Å²) >= 11 is 3.31. The van der Waals surface area contributed by atoms with Gasteiger partial charge in [-0.15, -0.1) is 0 Å². The van der Waals surface area contributed by atoms with E-state index in [0.717, 1.165) is 32.2 Å². The molecule has 1 fully saturated rings. The Hall–Kier alpha value is -2.39. The Morgan fingerprint density at radius 3 is 2.74 bits per heavy atom. The van der Waals surface area contributed by atoms with Crippen LogP contribution in [0.2, 0.25) is 0 Å². The quantitative estimate of drug-likeness (QED) is 0.761. The van der Waals surface area contributed by atoms with Crippen molar-refractivity contribution in [2.24, 2.45) is 0 Å². The number of benzene rings is 1. The molecule has 1 aliphatic heterocycles. The molecule has 0 saturated carbocycles. The van der Waals surface area contributed by atoms with Gasteiger partial charge in [0.1, 0.15) is 11.8 Å². The third-order valence-electron chi connectivity index (χ3n) is 3.69. The average Bonchev–Trinajstić information content (AvgIpc) is 3.11. The predicted octanol–water partition coefficient (Wildman–Crippen LogP) is 3.92. The fraction of sp³-hybridized carbons (Fsp3) is 0.235. The summed E-state index contributed by atoms with van der Waals surface area (Å²) in [6, 6.07) is 10.7. The van der Waals surface area contributed by atoms with Crippen molar-refractivity contribution >= 4 is 28.0 Å². The molecule has 6 heteroatoms. The minimum Gasteiger partial charge on any atom is -0.439 e. The number of aldehydes is 1. The van der Waals surface area contributed by atoms with Crippen LogP contribution < -0.4 is 9.64 Å². The number of aromatic nitrogens is 1. The van der Waals surface area contributed by atoms with E-state index in [1.165, 1.54) is 0 Å². The molecule has 0 bridgehead atoms. The lowest BCUT2D eigenvalue weighted by atomic mass is 10.2. The molecule has 2 aromatic rings. The highest BCUT2D eigenvalue weighted by Gasteiger charge is 2.18. The maximum Gasteiger partial charge on any atom is 0.221 e. The number of anilines is 1. The lowest BCUT2D eigenvalue weighted by Crippen LogP contribution is -2.20. The van der Waals surface area contributed by atoms with Gasteiger partial charge in [0.15, 0.2) is 12.1 Å². The second kappa shape index (κ2) is 6.80. The zero-order chi connectivity index (χ0) is 16.2. The van der Waals surface area contributed by atoms with Crippen LogP contribution >= 0.6 is 15.9 Å². The predicted molar refractivity (Wildman–Crippen MR) is 90.0 cm³/mol. The van der Waals surface area contributed by atoms with Gasteiger partial charge < -0.3 is 9.64 Å². The van der Waals surface area contributed by atoms with Crippen molar-refractivity contribution in [2.45, 2.75) is 12.8 Å². The standard InChI is InChI=1S/C17H14BrN3O2/c18-15-5-4-14(9-13(15)11-22)23-16-6-3-12(10-19)17(20-16)21-7-1-2-8-21/h3-6,9,11H,1-2,7-8H2. The van der Waals surface area contributed by atoms with Crippen LogP contribution in [0, 0.1) is 11.3 Å². The van der Waals surface area contributed by atoms with Crippen molar-refractivity contribution < 1.29 is 9.53 Å². The van der Waals surface area contributed by atoms with E-state index in [4.69, 9.17) is 4.74 Å². The Bertz CT molecular complexity index is 780. The molecule has 3 rings (SSSR count). The summed E-state index contributed by atoms with van der Waals surface area (Å²) in [6.07, 6.45) is 2.97. The first-order chi connectivity index (χ1) is 11.2. The first-order valence-electron chi connectivity index (χ1n) is 7.30. The molecule has 0 amide bonds. The topological polar surface area (TPSA) is 66.2 Å². The summed E-state index contributed by atoms with van der Waals surface area (Å²) in [5.74, 6) is 1.60. The number of carbonyl (C=O) groups is 1. The molecule has 5 nitrogen and oxygen atoms in total. The molecule has 0 unspecified atom stereocenters. The van der Waals surface area contributed by atoms with Gasteiger partial charge in [-0.25, -0.2) is 0 Å². The van der Waals surface area contributed by atoms with Gasteiger partial charge in [-0.2, -0.15) is 10.2 Å². The summed E-state index contributed by atoms with van der Waals surface area (Å²) in [5.41, 5.74) is 1.06. The number of hydrogen-bond acceptors (Lipinski definition) is 5. The van der Waals surface area contributed by atoms with Crippen molar-refractivity contribution in [3.8, 4) is 17.7 Å². The summed E-state index contributed by atoms with van der Waals surface area (Å²) in [6.45, 7) is 1.80. The Morgan fingerprint density at radius 1 is 1.26 bits per heavy atom. The molecule has 23 heavy (non-hydrogen) atoms. The minimum atomic E-state index is 0.407. The van der Waals surface area contributed by atoms with Crippen molar-refractivity contribution in [3.63, 3.8) is 0 Å². The Morgan fingerprint density at radius 2 is 2.04 bits per heavy atom.